The van der Waals surface area contributed by atoms with E-state index < -0.39 is 17.4 Å². The van der Waals surface area contributed by atoms with E-state index in [1.165, 1.54) is 0 Å². The molecule has 0 aromatic carbocycles. The monoisotopic (exact) mass is 290 g/mol. The Labute approximate surface area is 117 Å². The molecule has 0 radical (unpaired) electrons. The second-order valence-corrected chi connectivity index (χ2v) is 5.40. The Morgan fingerprint density at radius 2 is 2.06 bits per heavy atom. The Hall–Kier alpha value is -1.15. The van der Waals surface area contributed by atoms with Gasteiger partial charge in [-0.15, -0.1) is 0 Å². The molecule has 1 atom stereocenters. The second-order valence-electron chi connectivity index (χ2n) is 4.59. The molecule has 0 aromatic heterocycles. The molecule has 0 saturated carbocycles. The number of ketones is 1. The first-order valence-corrected chi connectivity index (χ1v) is 6.26. The lowest BCUT2D eigenvalue weighted by Gasteiger charge is -2.23. The summed E-state index contributed by atoms with van der Waals surface area (Å²) in [5.74, 6) is -0.393. The highest BCUT2D eigenvalue weighted by atomic mass is 32.1. The summed E-state index contributed by atoms with van der Waals surface area (Å²) >= 11 is 8.55. The summed E-state index contributed by atoms with van der Waals surface area (Å²) in [6.45, 7) is 5.33. The molecule has 0 saturated heterocycles. The maximum Gasteiger partial charge on any atom is 0.264 e. The lowest BCUT2D eigenvalue weighted by Crippen LogP contribution is -2.47. The van der Waals surface area contributed by atoms with Crippen LogP contribution in [0.15, 0.2) is 5.10 Å². The van der Waals surface area contributed by atoms with Gasteiger partial charge in [-0.05, 0) is 12.2 Å². The standard InChI is InChI=1S/C10H18N4O2S2/c1-10(2,3)8(16)6(5-17)13-7(15)4-12-14-9(11)18/h4,6,17H,5H2,1-3H3,(H,13,15)(H3,11,14,18)/b12-4+. The van der Waals surface area contributed by atoms with E-state index in [4.69, 9.17) is 5.73 Å². The molecule has 102 valence electrons. The molecule has 0 spiro atoms. The average molecular weight is 290 g/mol. The van der Waals surface area contributed by atoms with Crippen LogP contribution in [-0.4, -0.2) is 34.8 Å². The Kier molecular flexibility index (Phi) is 6.85. The van der Waals surface area contributed by atoms with Gasteiger partial charge in [0.15, 0.2) is 10.9 Å². The van der Waals surface area contributed by atoms with Gasteiger partial charge in [0.1, 0.15) is 6.21 Å². The number of nitrogens with zero attached hydrogens (tertiary/aromatic N) is 1. The van der Waals surface area contributed by atoms with Crippen LogP contribution in [0.25, 0.3) is 0 Å². The van der Waals surface area contributed by atoms with Crippen molar-refractivity contribution in [2.24, 2.45) is 16.3 Å². The van der Waals surface area contributed by atoms with Crippen molar-refractivity contribution in [2.75, 3.05) is 5.75 Å². The van der Waals surface area contributed by atoms with E-state index >= 15 is 0 Å². The van der Waals surface area contributed by atoms with Gasteiger partial charge in [-0.1, -0.05) is 20.8 Å². The second kappa shape index (κ2) is 7.32. The van der Waals surface area contributed by atoms with Crippen molar-refractivity contribution in [2.45, 2.75) is 26.8 Å². The highest BCUT2D eigenvalue weighted by Crippen LogP contribution is 2.17. The fraction of sp³-hybridized carbons (Fsp3) is 0.600. The molecule has 0 rings (SSSR count). The minimum atomic E-state index is -0.655. The maximum atomic E-state index is 11.9. The smallest absolute Gasteiger partial charge is 0.264 e. The van der Waals surface area contributed by atoms with E-state index in [2.05, 4.69) is 40.7 Å². The van der Waals surface area contributed by atoms with E-state index in [1.54, 1.807) is 20.8 Å². The summed E-state index contributed by atoms with van der Waals surface area (Å²) in [4.78, 5) is 23.4. The predicted molar refractivity (Wildman–Crippen MR) is 78.7 cm³/mol. The van der Waals surface area contributed by atoms with Crippen molar-refractivity contribution in [1.82, 2.24) is 10.7 Å². The molecule has 1 unspecified atom stereocenters. The van der Waals surface area contributed by atoms with E-state index in [-0.39, 0.29) is 16.6 Å². The Morgan fingerprint density at radius 3 is 2.44 bits per heavy atom. The lowest BCUT2D eigenvalue weighted by molar-refractivity contribution is -0.130. The number of rotatable bonds is 5. The molecule has 1 amide bonds. The van der Waals surface area contributed by atoms with Gasteiger partial charge in [0.25, 0.3) is 5.91 Å². The van der Waals surface area contributed by atoms with Gasteiger partial charge in [0, 0.05) is 11.2 Å². The molecule has 6 nitrogen and oxygen atoms in total. The van der Waals surface area contributed by atoms with Gasteiger partial charge in [-0.25, -0.2) is 0 Å². The number of thiocarbonyl (C=S) groups is 1. The normalized spacial score (nSPS) is 13.1. The number of thiol groups is 1. The number of nitrogens with one attached hydrogen (secondary N) is 2. The molecule has 18 heavy (non-hydrogen) atoms. The average Bonchev–Trinajstić information content (AvgIpc) is 2.23. The number of Topliss-reactive ketones (excluding diaryl/α,β-unsaturated/α-hetero) is 1. The van der Waals surface area contributed by atoms with Crippen molar-refractivity contribution in [3.63, 3.8) is 0 Å². The quantitative estimate of drug-likeness (QED) is 0.244. The summed E-state index contributed by atoms with van der Waals surface area (Å²) in [7, 11) is 0. The molecular formula is C10H18N4O2S2. The van der Waals surface area contributed by atoms with Crippen LogP contribution in [0.5, 0.6) is 0 Å². The first kappa shape index (κ1) is 16.9. The van der Waals surface area contributed by atoms with Crippen LogP contribution in [0.1, 0.15) is 20.8 Å². The van der Waals surface area contributed by atoms with Crippen molar-refractivity contribution in [3.8, 4) is 0 Å². The van der Waals surface area contributed by atoms with Crippen LogP contribution in [0.2, 0.25) is 0 Å². The largest absolute Gasteiger partial charge is 0.375 e. The zero-order valence-corrected chi connectivity index (χ0v) is 12.3. The summed E-state index contributed by atoms with van der Waals surface area (Å²) in [6, 6.07) is -0.655. The van der Waals surface area contributed by atoms with Gasteiger partial charge in [-0.3, -0.25) is 15.0 Å². The number of carbonyl (C=O) groups excluding carboxylic acids is 2. The molecule has 0 aromatic rings. The Bertz CT molecular complexity index is 363. The molecule has 0 fully saturated rings. The lowest BCUT2D eigenvalue weighted by atomic mass is 9.87. The summed E-state index contributed by atoms with van der Waals surface area (Å²) in [5, 5.41) is 5.95. The van der Waals surface area contributed by atoms with Crippen molar-refractivity contribution in [1.29, 1.82) is 0 Å². The molecule has 0 bridgehead atoms. The van der Waals surface area contributed by atoms with Crippen LogP contribution >= 0.6 is 24.8 Å². The van der Waals surface area contributed by atoms with Gasteiger partial charge in [0.05, 0.1) is 6.04 Å². The zero-order chi connectivity index (χ0) is 14.3. The number of amides is 1. The predicted octanol–water partition coefficient (Wildman–Crippen LogP) is -0.165. The minimum absolute atomic E-state index is 0.0458. The number of hydrogen-bond donors (Lipinski definition) is 4. The van der Waals surface area contributed by atoms with Crippen molar-refractivity contribution >= 4 is 47.9 Å². The molecule has 4 N–H and O–H groups in total. The van der Waals surface area contributed by atoms with Gasteiger partial charge in [0.2, 0.25) is 0 Å². The third-order valence-corrected chi connectivity index (χ3v) is 2.37. The molecule has 0 aliphatic rings. The first-order valence-electron chi connectivity index (χ1n) is 5.22. The topological polar surface area (TPSA) is 96.6 Å². The van der Waals surface area contributed by atoms with Crippen LogP contribution in [0.3, 0.4) is 0 Å². The third-order valence-electron chi connectivity index (χ3n) is 1.91. The van der Waals surface area contributed by atoms with E-state index in [0.29, 0.717) is 0 Å². The molecule has 0 aliphatic carbocycles. The fourth-order valence-corrected chi connectivity index (χ4v) is 1.39. The van der Waals surface area contributed by atoms with Crippen LogP contribution in [0.4, 0.5) is 0 Å². The van der Waals surface area contributed by atoms with Crippen molar-refractivity contribution in [3.05, 3.63) is 0 Å². The molecular weight excluding hydrogens is 272 g/mol. The minimum Gasteiger partial charge on any atom is -0.375 e. The highest BCUT2D eigenvalue weighted by molar-refractivity contribution is 7.80. The number of carbonyl (C=O) groups is 2. The van der Waals surface area contributed by atoms with Gasteiger partial charge >= 0.3 is 0 Å². The third kappa shape index (κ3) is 6.55. The van der Waals surface area contributed by atoms with Gasteiger partial charge < -0.3 is 11.1 Å². The zero-order valence-electron chi connectivity index (χ0n) is 10.6. The maximum absolute atomic E-state index is 11.9. The summed E-state index contributed by atoms with van der Waals surface area (Å²) in [5.41, 5.74) is 6.81. The molecule has 8 heteroatoms. The summed E-state index contributed by atoms with van der Waals surface area (Å²) in [6.07, 6.45) is 0.964. The first-order chi connectivity index (χ1) is 8.18. The van der Waals surface area contributed by atoms with E-state index in [1.807, 2.05) is 0 Å². The van der Waals surface area contributed by atoms with E-state index in [0.717, 1.165) is 6.21 Å². The Morgan fingerprint density at radius 1 is 1.50 bits per heavy atom. The van der Waals surface area contributed by atoms with Crippen LogP contribution < -0.4 is 16.5 Å². The number of hydrazone groups is 1. The fourth-order valence-electron chi connectivity index (χ4n) is 1.08. The molecule has 0 heterocycles. The summed E-state index contributed by atoms with van der Waals surface area (Å²) < 4.78 is 0. The van der Waals surface area contributed by atoms with Crippen LogP contribution in [-0.2, 0) is 9.59 Å². The van der Waals surface area contributed by atoms with Crippen molar-refractivity contribution < 1.29 is 9.59 Å². The van der Waals surface area contributed by atoms with Gasteiger partial charge in [-0.2, -0.15) is 17.7 Å². The van der Waals surface area contributed by atoms with Crippen LogP contribution in [0, 0.1) is 5.41 Å². The number of nitrogens with two attached hydrogens (primary N) is 1. The highest BCUT2D eigenvalue weighted by Gasteiger charge is 2.29. The SMILES string of the molecule is CC(C)(C)C(=O)C(CS)NC(=O)/C=N/NC(N)=S. The Balaban J connectivity index is 4.47. The molecule has 0 aliphatic heterocycles. The van der Waals surface area contributed by atoms with E-state index in [9.17, 15) is 9.59 Å². The number of hydrogen-bond acceptors (Lipinski definition) is 5.